The molecule has 1 aliphatic rings. The van der Waals surface area contributed by atoms with Crippen LogP contribution in [0.4, 0.5) is 0 Å². The molecule has 1 fully saturated rings. The number of nitrogens with one attached hydrogen (secondary N) is 1. The van der Waals surface area contributed by atoms with E-state index in [1.165, 1.54) is 6.42 Å². The Morgan fingerprint density at radius 1 is 1.47 bits per heavy atom. The van der Waals surface area contributed by atoms with Crippen molar-refractivity contribution in [1.82, 2.24) is 5.32 Å². The van der Waals surface area contributed by atoms with E-state index in [2.05, 4.69) is 26.1 Å². The fourth-order valence-electron chi connectivity index (χ4n) is 2.12. The lowest BCUT2D eigenvalue weighted by Gasteiger charge is -2.33. The van der Waals surface area contributed by atoms with Crippen molar-refractivity contribution >= 4 is 0 Å². The maximum absolute atomic E-state index is 5.84. The number of likely N-dealkylation sites (N-methyl/N-ethyl adjacent to an activating group) is 1. The maximum atomic E-state index is 5.84. The third-order valence-corrected chi connectivity index (χ3v) is 3.07. The van der Waals surface area contributed by atoms with Crippen molar-refractivity contribution in [3.63, 3.8) is 0 Å². The fraction of sp³-hybridized carbons (Fsp3) is 1.00. The van der Waals surface area contributed by atoms with Crippen molar-refractivity contribution in [3.8, 4) is 0 Å². The monoisotopic (exact) mass is 215 g/mol. The number of hydrogen-bond donors (Lipinski definition) is 1. The first kappa shape index (κ1) is 12.9. The minimum atomic E-state index is -0.0241. The minimum absolute atomic E-state index is 0.0241. The van der Waals surface area contributed by atoms with Crippen LogP contribution < -0.4 is 5.32 Å². The second-order valence-electron chi connectivity index (χ2n) is 4.45. The molecule has 1 rings (SSSR count). The van der Waals surface area contributed by atoms with Gasteiger partial charge in [-0.05, 0) is 32.7 Å². The van der Waals surface area contributed by atoms with Crippen molar-refractivity contribution in [3.05, 3.63) is 0 Å². The molecule has 0 aromatic heterocycles. The highest BCUT2D eigenvalue weighted by molar-refractivity contribution is 4.92. The van der Waals surface area contributed by atoms with Crippen molar-refractivity contribution < 1.29 is 9.47 Å². The standard InChI is InChI=1S/C12H25NO2/c1-4-8-14-10-11(13-5-2)12(3)7-6-9-15-12/h11,13H,4-10H2,1-3H3. The summed E-state index contributed by atoms with van der Waals surface area (Å²) in [6, 6.07) is 0.330. The van der Waals surface area contributed by atoms with Gasteiger partial charge in [0.15, 0.2) is 0 Å². The molecule has 2 atom stereocenters. The molecule has 90 valence electrons. The van der Waals surface area contributed by atoms with Crippen molar-refractivity contribution in [2.24, 2.45) is 0 Å². The van der Waals surface area contributed by atoms with Crippen molar-refractivity contribution in [2.45, 2.75) is 51.7 Å². The van der Waals surface area contributed by atoms with Gasteiger partial charge in [0.25, 0.3) is 0 Å². The van der Waals surface area contributed by atoms with Gasteiger partial charge in [-0.3, -0.25) is 0 Å². The molecule has 1 aliphatic heterocycles. The van der Waals surface area contributed by atoms with E-state index in [1.807, 2.05) is 0 Å². The first-order valence-corrected chi connectivity index (χ1v) is 6.18. The average Bonchev–Trinajstić information content (AvgIpc) is 2.65. The van der Waals surface area contributed by atoms with Gasteiger partial charge in [0.05, 0.1) is 18.2 Å². The smallest absolute Gasteiger partial charge is 0.0830 e. The number of ether oxygens (including phenoxy) is 2. The Bertz CT molecular complexity index is 167. The highest BCUT2D eigenvalue weighted by Crippen LogP contribution is 2.28. The van der Waals surface area contributed by atoms with E-state index in [9.17, 15) is 0 Å². The number of hydrogen-bond acceptors (Lipinski definition) is 3. The molecule has 0 aromatic carbocycles. The van der Waals surface area contributed by atoms with Crippen LogP contribution in [0.5, 0.6) is 0 Å². The number of rotatable bonds is 7. The lowest BCUT2D eigenvalue weighted by molar-refractivity contribution is -0.0388. The van der Waals surface area contributed by atoms with Gasteiger partial charge >= 0.3 is 0 Å². The van der Waals surface area contributed by atoms with Gasteiger partial charge in [0.1, 0.15) is 0 Å². The Labute approximate surface area is 93.5 Å². The molecule has 0 amide bonds. The van der Waals surface area contributed by atoms with Gasteiger partial charge < -0.3 is 14.8 Å². The lowest BCUT2D eigenvalue weighted by Crippen LogP contribution is -2.51. The summed E-state index contributed by atoms with van der Waals surface area (Å²) in [5.74, 6) is 0. The van der Waals surface area contributed by atoms with Crippen LogP contribution in [0, 0.1) is 0 Å². The fourth-order valence-corrected chi connectivity index (χ4v) is 2.12. The quantitative estimate of drug-likeness (QED) is 0.659. The van der Waals surface area contributed by atoms with Crippen LogP contribution in [-0.4, -0.2) is 38.0 Å². The third kappa shape index (κ3) is 3.74. The zero-order chi connectivity index (χ0) is 11.1. The molecule has 3 heteroatoms. The summed E-state index contributed by atoms with van der Waals surface area (Å²) in [7, 11) is 0. The average molecular weight is 215 g/mol. The predicted molar refractivity (Wildman–Crippen MR) is 62.2 cm³/mol. The van der Waals surface area contributed by atoms with Gasteiger partial charge in [-0.2, -0.15) is 0 Å². The van der Waals surface area contributed by atoms with E-state index in [1.54, 1.807) is 0 Å². The van der Waals surface area contributed by atoms with Crippen LogP contribution in [0.25, 0.3) is 0 Å². The van der Waals surface area contributed by atoms with E-state index in [0.717, 1.165) is 39.2 Å². The van der Waals surface area contributed by atoms with E-state index in [0.29, 0.717) is 6.04 Å². The zero-order valence-electron chi connectivity index (χ0n) is 10.3. The lowest BCUT2D eigenvalue weighted by atomic mass is 9.93. The normalized spacial score (nSPS) is 28.2. The summed E-state index contributed by atoms with van der Waals surface area (Å²) >= 11 is 0. The summed E-state index contributed by atoms with van der Waals surface area (Å²) in [4.78, 5) is 0. The molecular formula is C12H25NO2. The Hall–Kier alpha value is -0.120. The van der Waals surface area contributed by atoms with E-state index >= 15 is 0 Å². The molecule has 1 saturated heterocycles. The molecular weight excluding hydrogens is 190 g/mol. The first-order valence-electron chi connectivity index (χ1n) is 6.18. The topological polar surface area (TPSA) is 30.5 Å². The predicted octanol–water partition coefficient (Wildman–Crippen LogP) is 1.96. The molecule has 0 aliphatic carbocycles. The van der Waals surface area contributed by atoms with Crippen molar-refractivity contribution in [2.75, 3.05) is 26.4 Å². The highest BCUT2D eigenvalue weighted by atomic mass is 16.5. The van der Waals surface area contributed by atoms with Gasteiger partial charge in [-0.1, -0.05) is 13.8 Å². The molecule has 0 aromatic rings. The molecule has 15 heavy (non-hydrogen) atoms. The van der Waals surface area contributed by atoms with Gasteiger partial charge in [0, 0.05) is 13.2 Å². The molecule has 1 N–H and O–H groups in total. The van der Waals surface area contributed by atoms with Crippen molar-refractivity contribution in [1.29, 1.82) is 0 Å². The van der Waals surface area contributed by atoms with Gasteiger partial charge in [-0.15, -0.1) is 0 Å². The Kier molecular flexibility index (Phi) is 5.58. The van der Waals surface area contributed by atoms with Crippen LogP contribution in [0.2, 0.25) is 0 Å². The Morgan fingerprint density at radius 3 is 2.80 bits per heavy atom. The Balaban J connectivity index is 2.40. The molecule has 0 radical (unpaired) electrons. The second kappa shape index (κ2) is 6.46. The third-order valence-electron chi connectivity index (χ3n) is 3.07. The molecule has 0 bridgehead atoms. The van der Waals surface area contributed by atoms with Crippen LogP contribution in [0.1, 0.15) is 40.0 Å². The van der Waals surface area contributed by atoms with Gasteiger partial charge in [-0.25, -0.2) is 0 Å². The largest absolute Gasteiger partial charge is 0.380 e. The summed E-state index contributed by atoms with van der Waals surface area (Å²) in [5.41, 5.74) is -0.0241. The molecule has 2 unspecified atom stereocenters. The van der Waals surface area contributed by atoms with Crippen LogP contribution in [-0.2, 0) is 9.47 Å². The minimum Gasteiger partial charge on any atom is -0.380 e. The molecule has 0 saturated carbocycles. The van der Waals surface area contributed by atoms with Crippen LogP contribution in [0.15, 0.2) is 0 Å². The summed E-state index contributed by atoms with van der Waals surface area (Å²) in [6.07, 6.45) is 3.39. The van der Waals surface area contributed by atoms with Gasteiger partial charge in [0.2, 0.25) is 0 Å². The summed E-state index contributed by atoms with van der Waals surface area (Å²) < 4.78 is 11.5. The molecule has 1 heterocycles. The van der Waals surface area contributed by atoms with Crippen LogP contribution >= 0.6 is 0 Å². The summed E-state index contributed by atoms with van der Waals surface area (Å²) in [5, 5.41) is 3.47. The van der Waals surface area contributed by atoms with E-state index < -0.39 is 0 Å². The first-order chi connectivity index (χ1) is 7.23. The summed E-state index contributed by atoms with van der Waals surface area (Å²) in [6.45, 7) is 9.94. The SMILES string of the molecule is CCCOCC(NCC)C1(C)CCCO1. The van der Waals surface area contributed by atoms with Crippen LogP contribution in [0.3, 0.4) is 0 Å². The Morgan fingerprint density at radius 2 is 2.27 bits per heavy atom. The highest BCUT2D eigenvalue weighted by Gasteiger charge is 2.37. The van der Waals surface area contributed by atoms with E-state index in [4.69, 9.17) is 9.47 Å². The molecule has 3 nitrogen and oxygen atoms in total. The second-order valence-corrected chi connectivity index (χ2v) is 4.45. The zero-order valence-corrected chi connectivity index (χ0v) is 10.3. The molecule has 0 spiro atoms. The van der Waals surface area contributed by atoms with E-state index in [-0.39, 0.29) is 5.60 Å². The maximum Gasteiger partial charge on any atom is 0.0830 e.